The summed E-state index contributed by atoms with van der Waals surface area (Å²) in [4.78, 5) is 4.80. The summed E-state index contributed by atoms with van der Waals surface area (Å²) >= 11 is 0. The minimum atomic E-state index is 0.390. The highest BCUT2D eigenvalue weighted by atomic mass is 15.5. The van der Waals surface area contributed by atoms with Crippen molar-refractivity contribution in [3.05, 3.63) is 59.7 Å². The lowest BCUT2D eigenvalue weighted by molar-refractivity contribution is 0.245. The summed E-state index contributed by atoms with van der Waals surface area (Å²) in [5.41, 5.74) is 3.12. The van der Waals surface area contributed by atoms with Gasteiger partial charge in [0.25, 0.3) is 0 Å². The highest BCUT2D eigenvalue weighted by Crippen LogP contribution is 2.19. The van der Waals surface area contributed by atoms with Crippen molar-refractivity contribution < 1.29 is 0 Å². The molecule has 0 radical (unpaired) electrons. The first-order valence-corrected chi connectivity index (χ1v) is 13.5. The largest absolute Gasteiger partial charge is 0.369 e. The summed E-state index contributed by atoms with van der Waals surface area (Å²) in [6, 6.07) is 15.3. The van der Waals surface area contributed by atoms with Crippen LogP contribution in [0.15, 0.2) is 58.9 Å². The van der Waals surface area contributed by atoms with Crippen LogP contribution in [0.3, 0.4) is 0 Å². The van der Waals surface area contributed by atoms with E-state index < -0.39 is 0 Å². The van der Waals surface area contributed by atoms with Crippen molar-refractivity contribution >= 4 is 23.0 Å². The van der Waals surface area contributed by atoms with E-state index in [4.69, 9.17) is 10.8 Å². The molecule has 2 aromatic carbocycles. The van der Waals surface area contributed by atoms with Gasteiger partial charge in [-0.25, -0.2) is 5.01 Å². The zero-order valence-electron chi connectivity index (χ0n) is 22.3. The highest BCUT2D eigenvalue weighted by molar-refractivity contribution is 5.97. The number of benzene rings is 2. The van der Waals surface area contributed by atoms with E-state index in [-0.39, 0.29) is 0 Å². The smallest absolute Gasteiger partial charge is 0.125 e. The van der Waals surface area contributed by atoms with Gasteiger partial charge in [-0.2, -0.15) is 0 Å². The maximum absolute atomic E-state index is 8.45. The molecular weight excluding hydrogens is 478 g/mol. The Morgan fingerprint density at radius 2 is 1.34 bits per heavy atom. The molecule has 4 rings (SSSR count). The van der Waals surface area contributed by atoms with Gasteiger partial charge in [0.15, 0.2) is 0 Å². The van der Waals surface area contributed by atoms with E-state index in [1.54, 1.807) is 5.01 Å². The third kappa shape index (κ3) is 8.59. The summed E-state index contributed by atoms with van der Waals surface area (Å²) in [7, 11) is 1.84. The first kappa shape index (κ1) is 27.6. The van der Waals surface area contributed by atoms with Crippen molar-refractivity contribution in [2.75, 3.05) is 90.6 Å². The Morgan fingerprint density at radius 3 is 1.92 bits per heavy atom. The van der Waals surface area contributed by atoms with Gasteiger partial charge < -0.3 is 21.3 Å². The molecule has 0 spiro atoms. The van der Waals surface area contributed by atoms with Gasteiger partial charge in [0.2, 0.25) is 0 Å². The van der Waals surface area contributed by atoms with Gasteiger partial charge >= 0.3 is 0 Å². The van der Waals surface area contributed by atoms with E-state index in [1.807, 2.05) is 55.6 Å². The minimum absolute atomic E-state index is 0.390. The molecule has 2 aromatic rings. The number of rotatable bonds is 11. The summed E-state index contributed by atoms with van der Waals surface area (Å²) in [6.07, 6.45) is 0. The first-order valence-electron chi connectivity index (χ1n) is 13.5. The molecule has 0 aliphatic carbocycles. The minimum Gasteiger partial charge on any atom is -0.369 e. The number of hydrogen-bond donors (Lipinski definition) is 6. The Morgan fingerprint density at radius 1 is 0.816 bits per heavy atom. The number of nitrogens with one attached hydrogen (secondary N) is 6. The normalized spacial score (nSPS) is 16.9. The lowest BCUT2D eigenvalue weighted by Crippen LogP contribution is -2.46. The summed E-state index contributed by atoms with van der Waals surface area (Å²) in [5, 5.41) is 40.5. The molecule has 2 aliphatic rings. The number of anilines is 1. The van der Waals surface area contributed by atoms with Crippen molar-refractivity contribution in [2.45, 2.75) is 0 Å². The fraction of sp³-hybridized carbons (Fsp3) is 0.481. The van der Waals surface area contributed by atoms with E-state index in [1.165, 1.54) is 0 Å². The molecular formula is C27H41N11. The quantitative estimate of drug-likeness (QED) is 0.115. The lowest BCUT2D eigenvalue weighted by Gasteiger charge is -2.27. The molecule has 0 aromatic heterocycles. The van der Waals surface area contributed by atoms with Crippen molar-refractivity contribution in [2.24, 2.45) is 10.3 Å². The molecule has 38 heavy (non-hydrogen) atoms. The molecule has 0 atom stereocenters. The molecule has 2 heterocycles. The predicted octanol–water partition coefficient (Wildman–Crippen LogP) is 1.46. The first-order chi connectivity index (χ1) is 18.6. The van der Waals surface area contributed by atoms with Crippen LogP contribution in [0.1, 0.15) is 11.1 Å². The number of hydrogen-bond acceptors (Lipinski definition) is 8. The van der Waals surface area contributed by atoms with Crippen molar-refractivity contribution in [3.63, 3.8) is 0 Å². The zero-order chi connectivity index (χ0) is 26.6. The molecule has 0 bridgehead atoms. The molecule has 0 amide bonds. The van der Waals surface area contributed by atoms with Crippen LogP contribution in [-0.4, -0.2) is 107 Å². The molecule has 0 saturated carbocycles. The maximum atomic E-state index is 8.45. The Labute approximate surface area is 225 Å². The van der Waals surface area contributed by atoms with E-state index in [2.05, 4.69) is 41.4 Å². The Kier molecular flexibility index (Phi) is 10.6. The molecule has 11 nitrogen and oxygen atoms in total. The third-order valence-corrected chi connectivity index (χ3v) is 6.82. The van der Waals surface area contributed by atoms with Crippen LogP contribution in [-0.2, 0) is 0 Å². The van der Waals surface area contributed by atoms with Crippen LogP contribution >= 0.6 is 0 Å². The van der Waals surface area contributed by atoms with Crippen LogP contribution in [0.2, 0.25) is 0 Å². The third-order valence-electron chi connectivity index (χ3n) is 6.82. The fourth-order valence-corrected chi connectivity index (χ4v) is 4.51. The number of amidine groups is 2. The lowest BCUT2D eigenvalue weighted by atomic mass is 10.2. The average molecular weight is 520 g/mol. The maximum Gasteiger partial charge on any atom is 0.125 e. The van der Waals surface area contributed by atoms with Crippen LogP contribution in [0.25, 0.3) is 0 Å². The monoisotopic (exact) mass is 519 g/mol. The van der Waals surface area contributed by atoms with Crippen LogP contribution < -0.4 is 26.3 Å². The second kappa shape index (κ2) is 14.5. The molecule has 0 unspecified atom stereocenters. The van der Waals surface area contributed by atoms with Gasteiger partial charge in [0, 0.05) is 96.7 Å². The van der Waals surface area contributed by atoms with Crippen LogP contribution in [0, 0.1) is 10.8 Å². The fourth-order valence-electron chi connectivity index (χ4n) is 4.51. The Balaban J connectivity index is 1.26. The number of nitrogens with zero attached hydrogens (tertiary/aromatic N) is 5. The molecule has 2 aliphatic heterocycles. The van der Waals surface area contributed by atoms with Gasteiger partial charge in [-0.1, -0.05) is 29.5 Å². The predicted molar refractivity (Wildman–Crippen MR) is 154 cm³/mol. The summed E-state index contributed by atoms with van der Waals surface area (Å²) in [5.74, 6) is 0.796. The Bertz CT molecular complexity index is 1070. The van der Waals surface area contributed by atoms with E-state index >= 15 is 0 Å². The van der Waals surface area contributed by atoms with Gasteiger partial charge in [0.1, 0.15) is 11.7 Å². The number of piperazine rings is 2. The summed E-state index contributed by atoms with van der Waals surface area (Å²) in [6.45, 7) is 11.7. The SMILES string of the molecule is CN(/N=N/c1cccc(C(=N)NCCN2CCNCC2)c1)c1cccc(C(=N)NCCN2CCNCC2)c1. The standard InChI is InChI=1S/C27H41N11/c1-36(25-7-3-5-23(21-25)27(29)33-13-19-38-16-10-31-11-17-38)35-34-24-6-2-4-22(20-24)26(28)32-12-18-37-14-8-30-9-15-37/h2-7,20-21,30-31H,8-19H2,1H3,(H2,28,32)(H2,29,33)/b35-34+. The molecule has 2 fully saturated rings. The van der Waals surface area contributed by atoms with Crippen molar-refractivity contribution in [1.82, 2.24) is 31.1 Å². The molecule has 2 saturated heterocycles. The van der Waals surface area contributed by atoms with Crippen LogP contribution in [0.4, 0.5) is 11.4 Å². The molecule has 6 N–H and O–H groups in total. The van der Waals surface area contributed by atoms with Gasteiger partial charge in [0.05, 0.1) is 11.4 Å². The van der Waals surface area contributed by atoms with Gasteiger partial charge in [-0.05, 0) is 24.3 Å². The topological polar surface area (TPSA) is 130 Å². The van der Waals surface area contributed by atoms with E-state index in [9.17, 15) is 0 Å². The van der Waals surface area contributed by atoms with E-state index in [0.29, 0.717) is 17.4 Å². The average Bonchev–Trinajstić information content (AvgIpc) is 2.97. The summed E-state index contributed by atoms with van der Waals surface area (Å²) < 4.78 is 0. The molecule has 11 heteroatoms. The van der Waals surface area contributed by atoms with E-state index in [0.717, 1.165) is 95.4 Å². The Hall–Kier alpha value is -3.38. The highest BCUT2D eigenvalue weighted by Gasteiger charge is 2.11. The van der Waals surface area contributed by atoms with Crippen molar-refractivity contribution in [1.29, 1.82) is 10.8 Å². The second-order valence-corrected chi connectivity index (χ2v) is 9.60. The molecule has 204 valence electrons. The second-order valence-electron chi connectivity index (χ2n) is 9.60. The van der Waals surface area contributed by atoms with Crippen LogP contribution in [0.5, 0.6) is 0 Å². The van der Waals surface area contributed by atoms with Crippen molar-refractivity contribution in [3.8, 4) is 0 Å². The van der Waals surface area contributed by atoms with Gasteiger partial charge in [-0.3, -0.25) is 20.6 Å². The van der Waals surface area contributed by atoms with Gasteiger partial charge in [-0.15, -0.1) is 5.11 Å². The zero-order valence-corrected chi connectivity index (χ0v) is 22.3.